The van der Waals surface area contributed by atoms with Crippen molar-refractivity contribution in [2.24, 2.45) is 0 Å². The standard InChI is InChI=1S/C4H9.3CH3.Zr/c1-3-4-2;;;;/h1,3-4H2,2H3;3*1H3;. The van der Waals surface area contributed by atoms with Crippen LogP contribution in [0.1, 0.15) is 19.8 Å². The molecule has 0 radical (unpaired) electrons. The van der Waals surface area contributed by atoms with Crippen molar-refractivity contribution in [3.8, 4) is 0 Å². The zero-order chi connectivity index (χ0) is 6.62. The number of rotatable bonds is 3. The fraction of sp³-hybridized carbons (Fsp3) is 1.00. The Bertz CT molecular complexity index is 51.9. The van der Waals surface area contributed by atoms with Crippen molar-refractivity contribution in [1.82, 2.24) is 0 Å². The minimum absolute atomic E-state index is 1.31. The molecule has 0 bridgehead atoms. The van der Waals surface area contributed by atoms with Gasteiger partial charge in [0.15, 0.2) is 0 Å². The average molecular weight is 193 g/mol. The molecule has 50 valence electrons. The van der Waals surface area contributed by atoms with Gasteiger partial charge in [-0.2, -0.15) is 0 Å². The van der Waals surface area contributed by atoms with Gasteiger partial charge in [-0.1, -0.05) is 0 Å². The molecule has 0 aromatic rings. The van der Waals surface area contributed by atoms with E-state index in [0.29, 0.717) is 0 Å². The summed E-state index contributed by atoms with van der Waals surface area (Å²) < 4.78 is 9.09. The van der Waals surface area contributed by atoms with E-state index >= 15 is 0 Å². The number of unbranched alkanes of at least 4 members (excludes halogenated alkanes) is 1. The van der Waals surface area contributed by atoms with E-state index in [0.717, 1.165) is 0 Å². The van der Waals surface area contributed by atoms with Gasteiger partial charge in [0.25, 0.3) is 0 Å². The number of hydrogen-bond acceptors (Lipinski definition) is 0. The third-order valence-corrected chi connectivity index (χ3v) is 5.84. The van der Waals surface area contributed by atoms with Crippen molar-refractivity contribution >= 4 is 0 Å². The van der Waals surface area contributed by atoms with Crippen LogP contribution in [0.15, 0.2) is 0 Å². The summed E-state index contributed by atoms with van der Waals surface area (Å²) in [6.45, 7) is 2.28. The molecule has 0 amide bonds. The van der Waals surface area contributed by atoms with Crippen LogP contribution in [0.5, 0.6) is 0 Å². The van der Waals surface area contributed by atoms with Gasteiger partial charge in [-0.3, -0.25) is 0 Å². The molecular formula is C7H18Zr. The molecule has 0 spiro atoms. The first-order valence-electron chi connectivity index (χ1n) is 3.56. The van der Waals surface area contributed by atoms with Crippen LogP contribution in [0.3, 0.4) is 0 Å². The van der Waals surface area contributed by atoms with Crippen LogP contribution < -0.4 is 0 Å². The summed E-state index contributed by atoms with van der Waals surface area (Å²) in [5.74, 6) is 0. The SMILES string of the molecule is CCC[CH2][Zr]([CH3])([CH3])[CH3]. The predicted molar refractivity (Wildman–Crippen MR) is 37.3 cm³/mol. The topological polar surface area (TPSA) is 0 Å². The summed E-state index contributed by atoms with van der Waals surface area (Å²) in [5.41, 5.74) is 0. The van der Waals surface area contributed by atoms with Gasteiger partial charge >= 0.3 is 58.1 Å². The summed E-state index contributed by atoms with van der Waals surface area (Å²) in [4.78, 5) is 0. The zero-order valence-corrected chi connectivity index (χ0v) is 9.08. The van der Waals surface area contributed by atoms with E-state index in [1.165, 1.54) is 12.8 Å². The summed E-state index contributed by atoms with van der Waals surface area (Å²) in [6.07, 6.45) is 2.85. The molecule has 0 aromatic heterocycles. The van der Waals surface area contributed by atoms with Gasteiger partial charge in [0.2, 0.25) is 0 Å². The minimum atomic E-state index is -1.31. The fourth-order valence-electron chi connectivity index (χ4n) is 0.707. The Kier molecular flexibility index (Phi) is 4.25. The second-order valence-corrected chi connectivity index (χ2v) is 17.5. The van der Waals surface area contributed by atoms with E-state index in [4.69, 9.17) is 0 Å². The maximum absolute atomic E-state index is 2.50. The third-order valence-electron chi connectivity index (χ3n) is 1.28. The second kappa shape index (κ2) is 3.82. The van der Waals surface area contributed by atoms with Crippen LogP contribution in [0.2, 0.25) is 18.0 Å². The molecular weight excluding hydrogens is 175 g/mol. The molecule has 0 rings (SSSR count). The van der Waals surface area contributed by atoms with Gasteiger partial charge in [0.05, 0.1) is 0 Å². The molecule has 0 aliphatic rings. The Hall–Kier alpha value is 0.883. The molecule has 0 aliphatic carbocycles. The van der Waals surface area contributed by atoms with E-state index in [2.05, 4.69) is 20.8 Å². The Morgan fingerprint density at radius 2 is 1.62 bits per heavy atom. The summed E-state index contributed by atoms with van der Waals surface area (Å²) >= 11 is -1.31. The van der Waals surface area contributed by atoms with Crippen molar-refractivity contribution in [2.75, 3.05) is 0 Å². The van der Waals surface area contributed by atoms with Gasteiger partial charge in [-0.05, 0) is 0 Å². The van der Waals surface area contributed by atoms with Crippen LogP contribution in [-0.4, -0.2) is 0 Å². The number of hydrogen-bond donors (Lipinski definition) is 0. The average Bonchev–Trinajstić information content (AvgIpc) is 1.59. The van der Waals surface area contributed by atoms with Crippen LogP contribution in [0, 0.1) is 0 Å². The fourth-order valence-corrected chi connectivity index (χ4v) is 4.18. The molecule has 0 nitrogen and oxygen atoms in total. The van der Waals surface area contributed by atoms with E-state index in [-0.39, 0.29) is 0 Å². The molecule has 0 atom stereocenters. The van der Waals surface area contributed by atoms with Gasteiger partial charge in [0.1, 0.15) is 0 Å². The molecule has 1 heteroatoms. The van der Waals surface area contributed by atoms with Gasteiger partial charge in [-0.25, -0.2) is 0 Å². The van der Waals surface area contributed by atoms with Crippen molar-refractivity contribution in [2.45, 2.75) is 37.8 Å². The first-order valence-corrected chi connectivity index (χ1v) is 12.7. The Morgan fingerprint density at radius 1 is 1.12 bits per heavy atom. The quantitative estimate of drug-likeness (QED) is 0.643. The summed E-state index contributed by atoms with van der Waals surface area (Å²) in [6, 6.07) is 0. The summed E-state index contributed by atoms with van der Waals surface area (Å²) in [7, 11) is 0. The van der Waals surface area contributed by atoms with E-state index in [9.17, 15) is 0 Å². The molecule has 0 heterocycles. The van der Waals surface area contributed by atoms with E-state index in [1.807, 2.05) is 0 Å². The van der Waals surface area contributed by atoms with Crippen LogP contribution in [0.4, 0.5) is 0 Å². The summed E-state index contributed by atoms with van der Waals surface area (Å²) in [5, 5.41) is 0. The van der Waals surface area contributed by atoms with Crippen molar-refractivity contribution < 1.29 is 20.3 Å². The zero-order valence-electron chi connectivity index (χ0n) is 6.62. The van der Waals surface area contributed by atoms with Crippen LogP contribution in [-0.2, 0) is 20.3 Å². The van der Waals surface area contributed by atoms with E-state index in [1.54, 1.807) is 4.13 Å². The van der Waals surface area contributed by atoms with Gasteiger partial charge in [0, 0.05) is 0 Å². The molecule has 0 unspecified atom stereocenters. The monoisotopic (exact) mass is 192 g/mol. The van der Waals surface area contributed by atoms with Gasteiger partial charge in [-0.15, -0.1) is 0 Å². The van der Waals surface area contributed by atoms with Crippen molar-refractivity contribution in [3.05, 3.63) is 0 Å². The maximum atomic E-state index is 2.50. The molecule has 0 saturated heterocycles. The molecule has 0 aromatic carbocycles. The third kappa shape index (κ3) is 6.88. The normalized spacial score (nSPS) is 12.0. The molecule has 0 fully saturated rings. The van der Waals surface area contributed by atoms with Crippen molar-refractivity contribution in [1.29, 1.82) is 0 Å². The van der Waals surface area contributed by atoms with E-state index < -0.39 is 20.3 Å². The molecule has 0 aliphatic heterocycles. The van der Waals surface area contributed by atoms with Crippen molar-refractivity contribution in [3.63, 3.8) is 0 Å². The molecule has 8 heavy (non-hydrogen) atoms. The first kappa shape index (κ1) is 8.88. The Labute approximate surface area is 58.1 Å². The second-order valence-electron chi connectivity index (χ2n) is 3.66. The molecule has 0 saturated carbocycles. The Morgan fingerprint density at radius 3 is 1.75 bits per heavy atom. The Balaban J connectivity index is 3.11. The van der Waals surface area contributed by atoms with Crippen LogP contribution in [0.25, 0.3) is 0 Å². The molecule has 0 N–H and O–H groups in total. The van der Waals surface area contributed by atoms with Gasteiger partial charge < -0.3 is 0 Å². The first-order chi connectivity index (χ1) is 3.56. The van der Waals surface area contributed by atoms with Crippen LogP contribution >= 0.6 is 0 Å². The predicted octanol–water partition coefficient (Wildman–Crippen LogP) is 3.50.